The molecule has 3 rings (SSSR count). The molecule has 0 aliphatic rings. The molecule has 0 unspecified atom stereocenters. The van der Waals surface area contributed by atoms with E-state index in [4.69, 9.17) is 23.2 Å². The van der Waals surface area contributed by atoms with Crippen LogP contribution in [-0.2, 0) is 11.3 Å². The van der Waals surface area contributed by atoms with Gasteiger partial charge in [0.1, 0.15) is 11.4 Å². The second kappa shape index (κ2) is 7.70. The van der Waals surface area contributed by atoms with Crippen LogP contribution < -0.4 is 0 Å². The lowest BCUT2D eigenvalue weighted by atomic mass is 10.2. The third-order valence-electron chi connectivity index (χ3n) is 3.37. The van der Waals surface area contributed by atoms with Crippen molar-refractivity contribution in [1.82, 2.24) is 14.9 Å². The Labute approximate surface area is 157 Å². The Bertz CT molecular complexity index is 885. The Kier molecular flexibility index (Phi) is 5.61. The molecule has 0 radical (unpaired) electrons. The zero-order valence-electron chi connectivity index (χ0n) is 12.7. The number of hydrogen-bond acceptors (Lipinski definition) is 5. The normalized spacial score (nSPS) is 11.0. The van der Waals surface area contributed by atoms with Gasteiger partial charge in [0.25, 0.3) is 0 Å². The van der Waals surface area contributed by atoms with Gasteiger partial charge in [-0.25, -0.2) is 9.97 Å². The molecule has 0 aliphatic heterocycles. The first kappa shape index (κ1) is 17.5. The van der Waals surface area contributed by atoms with Crippen LogP contribution in [0, 0.1) is 0 Å². The number of hydrogen-bond donors (Lipinski definition) is 0. The van der Waals surface area contributed by atoms with Crippen LogP contribution in [0.4, 0.5) is 0 Å². The standard InChI is InChI=1S/C16H13Cl2N3OS2/c1-21(7-10-2-3-11(17)12(18)6-10)14(22)8-24-16-15-13(4-5-23-15)19-9-20-16/h2-6,9H,7-8H2,1H3. The molecule has 0 bridgehead atoms. The van der Waals surface area contributed by atoms with Crippen molar-refractivity contribution >= 4 is 62.4 Å². The summed E-state index contributed by atoms with van der Waals surface area (Å²) in [5, 5.41) is 3.81. The average Bonchev–Trinajstić information content (AvgIpc) is 3.05. The molecule has 1 amide bonds. The first-order valence-corrected chi connectivity index (χ1v) is 9.65. The summed E-state index contributed by atoms with van der Waals surface area (Å²) in [5.41, 5.74) is 1.85. The molecule has 24 heavy (non-hydrogen) atoms. The minimum Gasteiger partial charge on any atom is -0.341 e. The van der Waals surface area contributed by atoms with E-state index in [9.17, 15) is 4.79 Å². The molecule has 0 spiro atoms. The largest absolute Gasteiger partial charge is 0.341 e. The maximum atomic E-state index is 12.4. The summed E-state index contributed by atoms with van der Waals surface area (Å²) in [6.45, 7) is 0.481. The predicted molar refractivity (Wildman–Crippen MR) is 101 cm³/mol. The second-order valence-corrected chi connectivity index (χ2v) is 7.80. The minimum atomic E-state index is 0.0226. The van der Waals surface area contributed by atoms with E-state index < -0.39 is 0 Å². The third-order valence-corrected chi connectivity index (χ3v) is 6.13. The van der Waals surface area contributed by atoms with Gasteiger partial charge in [0.15, 0.2) is 0 Å². The molecule has 1 aromatic carbocycles. The fourth-order valence-corrected chi connectivity index (χ4v) is 4.32. The number of nitrogens with zero attached hydrogens (tertiary/aromatic N) is 3. The average molecular weight is 398 g/mol. The number of aromatic nitrogens is 2. The van der Waals surface area contributed by atoms with Gasteiger partial charge in [0, 0.05) is 13.6 Å². The number of carbonyl (C=O) groups excluding carboxylic acids is 1. The summed E-state index contributed by atoms with van der Waals surface area (Å²) in [5.74, 6) is 0.344. The summed E-state index contributed by atoms with van der Waals surface area (Å²) < 4.78 is 1.02. The zero-order valence-corrected chi connectivity index (χ0v) is 15.8. The van der Waals surface area contributed by atoms with E-state index in [0.29, 0.717) is 22.3 Å². The van der Waals surface area contributed by atoms with E-state index in [1.165, 1.54) is 18.1 Å². The van der Waals surface area contributed by atoms with Crippen LogP contribution in [0.2, 0.25) is 10.0 Å². The lowest BCUT2D eigenvalue weighted by molar-refractivity contribution is -0.127. The van der Waals surface area contributed by atoms with E-state index in [0.717, 1.165) is 20.8 Å². The van der Waals surface area contributed by atoms with Crippen molar-refractivity contribution in [3.8, 4) is 0 Å². The van der Waals surface area contributed by atoms with Crippen LogP contribution in [-0.4, -0.2) is 33.6 Å². The smallest absolute Gasteiger partial charge is 0.233 e. The molecular weight excluding hydrogens is 385 g/mol. The van der Waals surface area contributed by atoms with E-state index in [1.807, 2.05) is 17.5 Å². The molecule has 0 saturated carbocycles. The van der Waals surface area contributed by atoms with E-state index in [2.05, 4.69) is 9.97 Å². The Morgan fingerprint density at radius 1 is 1.25 bits per heavy atom. The van der Waals surface area contributed by atoms with Crippen LogP contribution in [0.1, 0.15) is 5.56 Å². The first-order chi connectivity index (χ1) is 11.5. The summed E-state index contributed by atoms with van der Waals surface area (Å²) >= 11 is 14.9. The topological polar surface area (TPSA) is 46.1 Å². The Morgan fingerprint density at radius 3 is 2.88 bits per heavy atom. The highest BCUT2D eigenvalue weighted by molar-refractivity contribution is 8.00. The van der Waals surface area contributed by atoms with Gasteiger partial charge in [-0.1, -0.05) is 41.0 Å². The quantitative estimate of drug-likeness (QED) is 0.460. The van der Waals surface area contributed by atoms with Gasteiger partial charge >= 0.3 is 0 Å². The molecule has 0 fully saturated rings. The molecule has 8 heteroatoms. The second-order valence-electron chi connectivity index (χ2n) is 5.10. The Hall–Kier alpha value is -1.34. The highest BCUT2D eigenvalue weighted by Gasteiger charge is 2.13. The maximum absolute atomic E-state index is 12.4. The summed E-state index contributed by atoms with van der Waals surface area (Å²) in [6, 6.07) is 7.33. The van der Waals surface area contributed by atoms with Crippen molar-refractivity contribution in [3.63, 3.8) is 0 Å². The monoisotopic (exact) mass is 397 g/mol. The fourth-order valence-electron chi connectivity index (χ4n) is 2.11. The van der Waals surface area contributed by atoms with Crippen LogP contribution in [0.25, 0.3) is 10.2 Å². The number of fused-ring (bicyclic) bond motifs is 1. The van der Waals surface area contributed by atoms with Gasteiger partial charge in [0.05, 0.1) is 26.0 Å². The summed E-state index contributed by atoms with van der Waals surface area (Å²) in [7, 11) is 1.77. The van der Waals surface area contributed by atoms with Gasteiger partial charge < -0.3 is 4.90 Å². The highest BCUT2D eigenvalue weighted by atomic mass is 35.5. The van der Waals surface area contributed by atoms with E-state index in [1.54, 1.807) is 35.4 Å². The van der Waals surface area contributed by atoms with Crippen molar-refractivity contribution in [3.05, 3.63) is 51.6 Å². The maximum Gasteiger partial charge on any atom is 0.233 e. The third kappa shape index (κ3) is 4.00. The van der Waals surface area contributed by atoms with E-state index >= 15 is 0 Å². The number of benzene rings is 1. The van der Waals surface area contributed by atoms with Crippen molar-refractivity contribution in [2.45, 2.75) is 11.6 Å². The Balaban J connectivity index is 1.62. The first-order valence-electron chi connectivity index (χ1n) is 7.03. The number of rotatable bonds is 5. The summed E-state index contributed by atoms with van der Waals surface area (Å²) in [4.78, 5) is 22.5. The minimum absolute atomic E-state index is 0.0226. The number of halogens is 2. The SMILES string of the molecule is CN(Cc1ccc(Cl)c(Cl)c1)C(=O)CSc1ncnc2ccsc12. The zero-order chi connectivity index (χ0) is 17.1. The van der Waals surface area contributed by atoms with Crippen molar-refractivity contribution < 1.29 is 4.79 Å². The molecular formula is C16H13Cl2N3OS2. The fraction of sp³-hybridized carbons (Fsp3) is 0.188. The van der Waals surface area contributed by atoms with Gasteiger partial charge in [-0.15, -0.1) is 11.3 Å². The number of amides is 1. The molecule has 0 atom stereocenters. The van der Waals surface area contributed by atoms with Crippen LogP contribution >= 0.6 is 46.3 Å². The van der Waals surface area contributed by atoms with Gasteiger partial charge in [-0.3, -0.25) is 4.79 Å². The van der Waals surface area contributed by atoms with Gasteiger partial charge in [-0.05, 0) is 29.1 Å². The van der Waals surface area contributed by atoms with Crippen molar-refractivity contribution in [2.24, 2.45) is 0 Å². The van der Waals surface area contributed by atoms with Gasteiger partial charge in [-0.2, -0.15) is 0 Å². The van der Waals surface area contributed by atoms with Crippen molar-refractivity contribution in [1.29, 1.82) is 0 Å². The van der Waals surface area contributed by atoms with Crippen LogP contribution in [0.3, 0.4) is 0 Å². The molecule has 0 N–H and O–H groups in total. The molecule has 0 saturated heterocycles. The molecule has 2 heterocycles. The molecule has 4 nitrogen and oxygen atoms in total. The lowest BCUT2D eigenvalue weighted by Crippen LogP contribution is -2.27. The summed E-state index contributed by atoms with van der Waals surface area (Å²) in [6.07, 6.45) is 1.53. The molecule has 124 valence electrons. The van der Waals surface area contributed by atoms with Gasteiger partial charge in [0.2, 0.25) is 5.91 Å². The predicted octanol–water partition coefficient (Wildman–Crippen LogP) is 4.75. The number of thiophene rings is 1. The van der Waals surface area contributed by atoms with Crippen LogP contribution in [0.15, 0.2) is 41.0 Å². The molecule has 3 aromatic rings. The van der Waals surface area contributed by atoms with Crippen molar-refractivity contribution in [2.75, 3.05) is 12.8 Å². The van der Waals surface area contributed by atoms with Crippen LogP contribution in [0.5, 0.6) is 0 Å². The number of carbonyl (C=O) groups is 1. The van der Waals surface area contributed by atoms with E-state index in [-0.39, 0.29) is 5.91 Å². The molecule has 0 aliphatic carbocycles. The lowest BCUT2D eigenvalue weighted by Gasteiger charge is -2.17. The number of thioether (sulfide) groups is 1. The Morgan fingerprint density at radius 2 is 2.08 bits per heavy atom. The molecule has 2 aromatic heterocycles. The highest BCUT2D eigenvalue weighted by Crippen LogP contribution is 2.29.